The molecular formula is C12H14N2O2. The van der Waals surface area contributed by atoms with Crippen LogP contribution in [0.3, 0.4) is 0 Å². The maximum Gasteiger partial charge on any atom is 0.253 e. The van der Waals surface area contributed by atoms with Crippen molar-refractivity contribution in [3.8, 4) is 6.07 Å². The third-order valence-corrected chi connectivity index (χ3v) is 2.27. The number of rotatable bonds is 4. The summed E-state index contributed by atoms with van der Waals surface area (Å²) < 4.78 is 0. The number of carbonyl (C=O) groups is 1. The summed E-state index contributed by atoms with van der Waals surface area (Å²) in [5.41, 5.74) is 1.46. The first-order valence-corrected chi connectivity index (χ1v) is 5.01. The highest BCUT2D eigenvalue weighted by Gasteiger charge is 2.10. The molecule has 0 saturated carbocycles. The second-order valence-electron chi connectivity index (χ2n) is 3.48. The van der Waals surface area contributed by atoms with E-state index in [9.17, 15) is 4.79 Å². The Morgan fingerprint density at radius 2 is 2.06 bits per heavy atom. The maximum atomic E-state index is 11.8. The van der Waals surface area contributed by atoms with E-state index in [2.05, 4.69) is 0 Å². The molecule has 4 nitrogen and oxygen atoms in total. The Morgan fingerprint density at radius 3 is 2.56 bits per heavy atom. The minimum absolute atomic E-state index is 0.0469. The average molecular weight is 218 g/mol. The van der Waals surface area contributed by atoms with Crippen molar-refractivity contribution >= 4 is 5.91 Å². The maximum absolute atomic E-state index is 11.8. The Morgan fingerprint density at radius 1 is 1.44 bits per heavy atom. The van der Waals surface area contributed by atoms with Crippen LogP contribution >= 0.6 is 0 Å². The van der Waals surface area contributed by atoms with E-state index in [4.69, 9.17) is 10.4 Å². The van der Waals surface area contributed by atoms with Crippen molar-refractivity contribution in [2.24, 2.45) is 0 Å². The van der Waals surface area contributed by atoms with Gasteiger partial charge in [0.1, 0.15) is 0 Å². The smallest absolute Gasteiger partial charge is 0.253 e. The van der Waals surface area contributed by atoms with Crippen molar-refractivity contribution < 1.29 is 9.90 Å². The Labute approximate surface area is 94.7 Å². The molecule has 0 aromatic heterocycles. The van der Waals surface area contributed by atoms with Crippen molar-refractivity contribution in [1.29, 1.82) is 5.26 Å². The first-order chi connectivity index (χ1) is 7.69. The van der Waals surface area contributed by atoms with Gasteiger partial charge in [-0.3, -0.25) is 4.79 Å². The fourth-order valence-electron chi connectivity index (χ4n) is 1.33. The Hall–Kier alpha value is -1.86. The van der Waals surface area contributed by atoms with Crippen LogP contribution < -0.4 is 0 Å². The van der Waals surface area contributed by atoms with E-state index in [0.717, 1.165) is 5.56 Å². The van der Waals surface area contributed by atoms with Crippen LogP contribution in [0.2, 0.25) is 0 Å². The van der Waals surface area contributed by atoms with Gasteiger partial charge in [-0.1, -0.05) is 12.1 Å². The number of nitriles is 1. The number of aliphatic hydroxyl groups excluding tert-OH is 1. The van der Waals surface area contributed by atoms with Gasteiger partial charge in [0.25, 0.3) is 5.91 Å². The predicted octanol–water partition coefficient (Wildman–Crippen LogP) is 0.817. The third kappa shape index (κ3) is 3.07. The highest BCUT2D eigenvalue weighted by molar-refractivity contribution is 5.94. The van der Waals surface area contributed by atoms with Gasteiger partial charge in [-0.05, 0) is 17.7 Å². The number of nitrogens with zero attached hydrogens (tertiary/aromatic N) is 2. The molecule has 84 valence electrons. The quantitative estimate of drug-likeness (QED) is 0.813. The molecular weight excluding hydrogens is 204 g/mol. The molecule has 0 saturated heterocycles. The number of aliphatic hydroxyl groups is 1. The average Bonchev–Trinajstić information content (AvgIpc) is 2.30. The number of hydrogen-bond donors (Lipinski definition) is 1. The molecule has 0 spiro atoms. The van der Waals surface area contributed by atoms with E-state index < -0.39 is 0 Å². The molecule has 0 bridgehead atoms. The van der Waals surface area contributed by atoms with Gasteiger partial charge >= 0.3 is 0 Å². The molecule has 0 unspecified atom stereocenters. The summed E-state index contributed by atoms with van der Waals surface area (Å²) in [5, 5.41) is 17.2. The van der Waals surface area contributed by atoms with Gasteiger partial charge < -0.3 is 10.0 Å². The third-order valence-electron chi connectivity index (χ3n) is 2.27. The van der Waals surface area contributed by atoms with E-state index >= 15 is 0 Å². The fraction of sp³-hybridized carbons (Fsp3) is 0.333. The van der Waals surface area contributed by atoms with Crippen molar-refractivity contribution in [1.82, 2.24) is 4.90 Å². The monoisotopic (exact) mass is 218 g/mol. The van der Waals surface area contributed by atoms with E-state index in [1.807, 2.05) is 6.07 Å². The van der Waals surface area contributed by atoms with Crippen LogP contribution in [0.25, 0.3) is 0 Å². The number of carbonyl (C=O) groups excluding carboxylic acids is 1. The van der Waals surface area contributed by atoms with Crippen LogP contribution in [-0.4, -0.2) is 36.1 Å². The summed E-state index contributed by atoms with van der Waals surface area (Å²) in [6.07, 6.45) is 0.348. The molecule has 1 rings (SSSR count). The first kappa shape index (κ1) is 12.2. The lowest BCUT2D eigenvalue weighted by Crippen LogP contribution is -2.29. The molecule has 1 N–H and O–H groups in total. The summed E-state index contributed by atoms with van der Waals surface area (Å²) in [4.78, 5) is 13.2. The second-order valence-corrected chi connectivity index (χ2v) is 3.48. The van der Waals surface area contributed by atoms with Crippen molar-refractivity contribution in [3.05, 3.63) is 35.4 Å². The van der Waals surface area contributed by atoms with Crippen LogP contribution in [-0.2, 0) is 6.42 Å². The summed E-state index contributed by atoms with van der Waals surface area (Å²) in [5.74, 6) is -0.127. The molecule has 4 heteroatoms. The molecule has 1 aromatic carbocycles. The van der Waals surface area contributed by atoms with Crippen LogP contribution in [0.5, 0.6) is 0 Å². The van der Waals surface area contributed by atoms with Crippen LogP contribution in [0.4, 0.5) is 0 Å². The molecule has 0 radical (unpaired) electrons. The molecule has 0 aliphatic heterocycles. The molecule has 0 atom stereocenters. The molecule has 0 aliphatic rings. The Balaban J connectivity index is 2.74. The molecule has 0 heterocycles. The van der Waals surface area contributed by atoms with E-state index in [-0.39, 0.29) is 12.5 Å². The number of amides is 1. The summed E-state index contributed by atoms with van der Waals surface area (Å²) in [6, 6.07) is 8.98. The van der Waals surface area contributed by atoms with Crippen LogP contribution in [0.1, 0.15) is 15.9 Å². The molecule has 16 heavy (non-hydrogen) atoms. The number of benzene rings is 1. The molecule has 1 amide bonds. The van der Waals surface area contributed by atoms with Gasteiger partial charge in [0.2, 0.25) is 0 Å². The zero-order chi connectivity index (χ0) is 12.0. The van der Waals surface area contributed by atoms with Crippen LogP contribution in [0.15, 0.2) is 24.3 Å². The lowest BCUT2D eigenvalue weighted by atomic mass is 10.1. The zero-order valence-electron chi connectivity index (χ0n) is 9.18. The largest absolute Gasteiger partial charge is 0.395 e. The zero-order valence-corrected chi connectivity index (χ0v) is 9.18. The van der Waals surface area contributed by atoms with E-state index in [1.54, 1.807) is 31.3 Å². The highest BCUT2D eigenvalue weighted by atomic mass is 16.3. The molecule has 0 fully saturated rings. The van der Waals surface area contributed by atoms with Gasteiger partial charge in [-0.15, -0.1) is 0 Å². The Kier molecular flexibility index (Phi) is 4.49. The molecule has 0 aliphatic carbocycles. The van der Waals surface area contributed by atoms with Crippen molar-refractivity contribution in [2.75, 3.05) is 20.2 Å². The van der Waals surface area contributed by atoms with Crippen molar-refractivity contribution in [3.63, 3.8) is 0 Å². The number of hydrogen-bond acceptors (Lipinski definition) is 3. The second kappa shape index (κ2) is 5.89. The summed E-state index contributed by atoms with van der Waals surface area (Å²) in [7, 11) is 1.64. The number of likely N-dealkylation sites (N-methyl/N-ethyl adjacent to an activating group) is 1. The minimum Gasteiger partial charge on any atom is -0.395 e. The normalized spacial score (nSPS) is 9.56. The SMILES string of the molecule is CN(CCO)C(=O)c1ccc(CC#N)cc1. The Bertz CT molecular complexity index is 392. The predicted molar refractivity (Wildman–Crippen MR) is 59.8 cm³/mol. The van der Waals surface area contributed by atoms with Gasteiger partial charge in [-0.25, -0.2) is 0 Å². The first-order valence-electron chi connectivity index (χ1n) is 5.01. The summed E-state index contributed by atoms with van der Waals surface area (Å²) >= 11 is 0. The highest BCUT2D eigenvalue weighted by Crippen LogP contribution is 2.07. The van der Waals surface area contributed by atoms with Gasteiger partial charge in [0, 0.05) is 19.2 Å². The van der Waals surface area contributed by atoms with Gasteiger partial charge in [0.05, 0.1) is 19.1 Å². The van der Waals surface area contributed by atoms with Crippen LogP contribution in [0, 0.1) is 11.3 Å². The fourth-order valence-corrected chi connectivity index (χ4v) is 1.33. The lowest BCUT2D eigenvalue weighted by molar-refractivity contribution is 0.0767. The van der Waals surface area contributed by atoms with Gasteiger partial charge in [-0.2, -0.15) is 5.26 Å². The van der Waals surface area contributed by atoms with E-state index in [0.29, 0.717) is 18.5 Å². The molecule has 1 aromatic rings. The minimum atomic E-state index is -0.127. The topological polar surface area (TPSA) is 64.3 Å². The van der Waals surface area contributed by atoms with Gasteiger partial charge in [0.15, 0.2) is 0 Å². The van der Waals surface area contributed by atoms with E-state index in [1.165, 1.54) is 4.90 Å². The summed E-state index contributed by atoms with van der Waals surface area (Å²) in [6.45, 7) is 0.271. The standard InChI is InChI=1S/C12H14N2O2/c1-14(8-9-15)12(16)11-4-2-10(3-5-11)6-7-13/h2-5,15H,6,8-9H2,1H3. The van der Waals surface area contributed by atoms with Crippen molar-refractivity contribution in [2.45, 2.75) is 6.42 Å². The lowest BCUT2D eigenvalue weighted by Gasteiger charge is -2.15.